The Hall–Kier alpha value is -2.60. The molecule has 1 atom stereocenters. The highest BCUT2D eigenvalue weighted by Gasteiger charge is 2.24. The van der Waals surface area contributed by atoms with E-state index in [0.29, 0.717) is 6.42 Å². The van der Waals surface area contributed by atoms with Crippen molar-refractivity contribution in [2.24, 2.45) is 7.05 Å². The molecule has 134 valence electrons. The normalized spacial score (nSPS) is 16.2. The Bertz CT molecular complexity index is 942. The topological polar surface area (TPSA) is 63.9 Å². The molecule has 0 saturated carbocycles. The summed E-state index contributed by atoms with van der Waals surface area (Å²) in [7, 11) is 1.95. The number of imidazole rings is 1. The Morgan fingerprint density at radius 1 is 1.23 bits per heavy atom. The Balaban J connectivity index is 1.58. The molecule has 0 N–H and O–H groups in total. The van der Waals surface area contributed by atoms with Gasteiger partial charge in [0.05, 0.1) is 41.9 Å². The van der Waals surface area contributed by atoms with Crippen molar-refractivity contribution in [3.63, 3.8) is 0 Å². The zero-order valence-electron chi connectivity index (χ0n) is 15.2. The van der Waals surface area contributed by atoms with Crippen LogP contribution in [-0.2, 0) is 18.3 Å². The van der Waals surface area contributed by atoms with Gasteiger partial charge in [0.25, 0.3) is 0 Å². The van der Waals surface area contributed by atoms with Crippen molar-refractivity contribution in [1.29, 1.82) is 0 Å². The van der Waals surface area contributed by atoms with Crippen molar-refractivity contribution >= 4 is 16.7 Å². The number of Topliss-reactive ketones (excluding diaryl/α,β-unsaturated/α-hetero) is 1. The van der Waals surface area contributed by atoms with Crippen LogP contribution in [0.3, 0.4) is 0 Å². The van der Waals surface area contributed by atoms with Gasteiger partial charge in [0.15, 0.2) is 5.78 Å². The van der Waals surface area contributed by atoms with Crippen LogP contribution >= 0.6 is 0 Å². The van der Waals surface area contributed by atoms with Gasteiger partial charge in [0, 0.05) is 24.3 Å². The van der Waals surface area contributed by atoms with E-state index in [2.05, 4.69) is 14.9 Å². The van der Waals surface area contributed by atoms with Gasteiger partial charge < -0.3 is 4.57 Å². The average Bonchev–Trinajstić information content (AvgIpc) is 3.32. The van der Waals surface area contributed by atoms with Gasteiger partial charge in [-0.25, -0.2) is 9.97 Å². The summed E-state index contributed by atoms with van der Waals surface area (Å²) in [6.07, 6.45) is 8.10. The van der Waals surface area contributed by atoms with Crippen LogP contribution in [0.2, 0.25) is 0 Å². The maximum Gasteiger partial charge on any atom is 0.155 e. The first-order valence-corrected chi connectivity index (χ1v) is 9.11. The maximum absolute atomic E-state index is 12.6. The van der Waals surface area contributed by atoms with Crippen molar-refractivity contribution in [2.45, 2.75) is 32.2 Å². The number of likely N-dealkylation sites (tertiary alicyclic amines) is 1. The summed E-state index contributed by atoms with van der Waals surface area (Å²) in [4.78, 5) is 28.3. The standard InChI is InChI=1S/C20H23N5O/c1-14(25-7-3-4-8-25)20(26)10-16-9-18-15(11-22-16)5-6-17(23-18)19-12-21-13-24(19)2/h5-6,9,11-14H,3-4,7-8,10H2,1-2H3. The van der Waals surface area contributed by atoms with Gasteiger partial charge in [-0.15, -0.1) is 0 Å². The number of aromatic nitrogens is 4. The van der Waals surface area contributed by atoms with Crippen LogP contribution in [0, 0.1) is 0 Å². The molecular formula is C20H23N5O. The van der Waals surface area contributed by atoms with Crippen LogP contribution < -0.4 is 0 Å². The third-order valence-corrected chi connectivity index (χ3v) is 5.22. The van der Waals surface area contributed by atoms with E-state index in [1.165, 1.54) is 12.8 Å². The summed E-state index contributed by atoms with van der Waals surface area (Å²) >= 11 is 0. The van der Waals surface area contributed by atoms with Gasteiger partial charge in [0.1, 0.15) is 0 Å². The van der Waals surface area contributed by atoms with Gasteiger partial charge in [-0.1, -0.05) is 0 Å². The van der Waals surface area contributed by atoms with Gasteiger partial charge in [0.2, 0.25) is 0 Å². The molecule has 1 fully saturated rings. The lowest BCUT2D eigenvalue weighted by Gasteiger charge is -2.22. The lowest BCUT2D eigenvalue weighted by molar-refractivity contribution is -0.122. The highest BCUT2D eigenvalue weighted by molar-refractivity contribution is 5.87. The van der Waals surface area contributed by atoms with Crippen molar-refractivity contribution < 1.29 is 4.79 Å². The summed E-state index contributed by atoms with van der Waals surface area (Å²) in [5, 5.41) is 0.972. The Labute approximate surface area is 152 Å². The van der Waals surface area contributed by atoms with E-state index in [1.807, 2.05) is 36.7 Å². The van der Waals surface area contributed by atoms with Crippen molar-refractivity contribution in [3.8, 4) is 11.4 Å². The molecule has 0 aliphatic carbocycles. The van der Waals surface area contributed by atoms with Gasteiger partial charge in [-0.2, -0.15) is 0 Å². The smallest absolute Gasteiger partial charge is 0.155 e. The number of carbonyl (C=O) groups excluding carboxylic acids is 1. The molecule has 26 heavy (non-hydrogen) atoms. The monoisotopic (exact) mass is 349 g/mol. The molecular weight excluding hydrogens is 326 g/mol. The number of fused-ring (bicyclic) bond motifs is 1. The zero-order chi connectivity index (χ0) is 18.1. The molecule has 0 amide bonds. The molecule has 6 nitrogen and oxygen atoms in total. The van der Waals surface area contributed by atoms with Crippen LogP contribution in [0.4, 0.5) is 0 Å². The van der Waals surface area contributed by atoms with Crippen molar-refractivity contribution in [2.75, 3.05) is 13.1 Å². The number of hydrogen-bond donors (Lipinski definition) is 0. The second-order valence-corrected chi connectivity index (χ2v) is 7.02. The lowest BCUT2D eigenvalue weighted by atomic mass is 10.1. The number of rotatable bonds is 5. The maximum atomic E-state index is 12.6. The molecule has 6 heteroatoms. The first kappa shape index (κ1) is 16.8. The number of hydrogen-bond acceptors (Lipinski definition) is 5. The quantitative estimate of drug-likeness (QED) is 0.708. The van der Waals surface area contributed by atoms with Crippen LogP contribution in [0.1, 0.15) is 25.5 Å². The average molecular weight is 349 g/mol. The van der Waals surface area contributed by atoms with Gasteiger partial charge in [-0.05, 0) is 51.1 Å². The molecule has 4 heterocycles. The molecule has 0 bridgehead atoms. The fourth-order valence-electron chi connectivity index (χ4n) is 3.56. The minimum Gasteiger partial charge on any atom is -0.332 e. The number of aryl methyl sites for hydroxylation is 1. The third kappa shape index (κ3) is 3.24. The highest BCUT2D eigenvalue weighted by Crippen LogP contribution is 2.21. The summed E-state index contributed by atoms with van der Waals surface area (Å²) in [6.45, 7) is 4.05. The summed E-state index contributed by atoms with van der Waals surface area (Å²) < 4.78 is 1.94. The Morgan fingerprint density at radius 3 is 2.77 bits per heavy atom. The van der Waals surface area contributed by atoms with Crippen molar-refractivity contribution in [1.82, 2.24) is 24.4 Å². The summed E-state index contributed by atoms with van der Waals surface area (Å²) in [5.74, 6) is 0.224. The Kier molecular flexibility index (Phi) is 4.51. The minimum absolute atomic E-state index is 0.0382. The number of nitrogens with zero attached hydrogens (tertiary/aromatic N) is 5. The molecule has 4 rings (SSSR count). The highest BCUT2D eigenvalue weighted by atomic mass is 16.1. The molecule has 0 radical (unpaired) electrons. The first-order chi connectivity index (χ1) is 12.6. The second-order valence-electron chi connectivity index (χ2n) is 7.02. The Morgan fingerprint density at radius 2 is 2.04 bits per heavy atom. The largest absolute Gasteiger partial charge is 0.332 e. The molecule has 1 aliphatic heterocycles. The van der Waals surface area contributed by atoms with E-state index in [9.17, 15) is 4.79 Å². The van der Waals surface area contributed by atoms with Crippen LogP contribution in [0.15, 0.2) is 36.9 Å². The lowest BCUT2D eigenvalue weighted by Crippen LogP contribution is -2.37. The van der Waals surface area contributed by atoms with E-state index in [4.69, 9.17) is 4.98 Å². The molecule has 1 saturated heterocycles. The number of ketones is 1. The number of carbonyl (C=O) groups is 1. The molecule has 0 aromatic carbocycles. The SMILES string of the molecule is CC(C(=O)Cc1cc2nc(-c3cncn3C)ccc2cn1)N1CCCC1. The van der Waals surface area contributed by atoms with Gasteiger partial charge in [-0.3, -0.25) is 14.7 Å². The van der Waals surface area contributed by atoms with E-state index in [1.54, 1.807) is 18.7 Å². The van der Waals surface area contributed by atoms with E-state index in [0.717, 1.165) is 41.1 Å². The predicted molar refractivity (Wildman–Crippen MR) is 101 cm³/mol. The molecule has 1 aliphatic rings. The zero-order valence-corrected chi connectivity index (χ0v) is 15.2. The fraction of sp³-hybridized carbons (Fsp3) is 0.400. The predicted octanol–water partition coefficient (Wildman–Crippen LogP) is 2.63. The van der Waals surface area contributed by atoms with Crippen LogP contribution in [-0.4, -0.2) is 49.3 Å². The van der Waals surface area contributed by atoms with E-state index in [-0.39, 0.29) is 11.8 Å². The molecule has 3 aromatic heterocycles. The third-order valence-electron chi connectivity index (χ3n) is 5.22. The van der Waals surface area contributed by atoms with Crippen LogP contribution in [0.5, 0.6) is 0 Å². The minimum atomic E-state index is -0.0382. The number of pyridine rings is 2. The summed E-state index contributed by atoms with van der Waals surface area (Å²) in [6, 6.07) is 5.88. The van der Waals surface area contributed by atoms with Crippen LogP contribution in [0.25, 0.3) is 22.3 Å². The second kappa shape index (κ2) is 6.96. The summed E-state index contributed by atoms with van der Waals surface area (Å²) in [5.41, 5.74) is 3.47. The van der Waals surface area contributed by atoms with E-state index < -0.39 is 0 Å². The van der Waals surface area contributed by atoms with E-state index >= 15 is 0 Å². The van der Waals surface area contributed by atoms with Gasteiger partial charge >= 0.3 is 0 Å². The molecule has 1 unspecified atom stereocenters. The van der Waals surface area contributed by atoms with Crippen molar-refractivity contribution in [3.05, 3.63) is 42.6 Å². The molecule has 0 spiro atoms. The molecule has 3 aromatic rings. The first-order valence-electron chi connectivity index (χ1n) is 9.11. The fourth-order valence-corrected chi connectivity index (χ4v) is 3.56.